The van der Waals surface area contributed by atoms with Crippen molar-refractivity contribution in [1.82, 2.24) is 5.32 Å². The predicted octanol–water partition coefficient (Wildman–Crippen LogP) is 3.49. The van der Waals surface area contributed by atoms with Crippen molar-refractivity contribution >= 4 is 34.8 Å². The van der Waals surface area contributed by atoms with Crippen LogP contribution in [0.5, 0.6) is 0 Å². The van der Waals surface area contributed by atoms with Gasteiger partial charge >= 0.3 is 0 Å². The second kappa shape index (κ2) is 6.60. The van der Waals surface area contributed by atoms with E-state index >= 15 is 0 Å². The monoisotopic (exact) mass is 300 g/mol. The van der Waals surface area contributed by atoms with Crippen molar-refractivity contribution in [3.63, 3.8) is 0 Å². The van der Waals surface area contributed by atoms with E-state index in [0.717, 1.165) is 38.0 Å². The van der Waals surface area contributed by atoms with Crippen molar-refractivity contribution < 1.29 is 4.79 Å². The Morgan fingerprint density at radius 3 is 2.63 bits per heavy atom. The number of carbonyl (C=O) groups is 1. The van der Waals surface area contributed by atoms with E-state index in [1.54, 1.807) is 23.1 Å². The van der Waals surface area contributed by atoms with Crippen molar-refractivity contribution in [1.29, 1.82) is 0 Å². The summed E-state index contributed by atoms with van der Waals surface area (Å²) in [6.07, 6.45) is 2.90. The van der Waals surface area contributed by atoms with Gasteiger partial charge in [0.15, 0.2) is 0 Å². The molecule has 1 amide bonds. The average molecular weight is 301 g/mol. The van der Waals surface area contributed by atoms with Crippen LogP contribution in [-0.2, 0) is 4.79 Å². The summed E-state index contributed by atoms with van der Waals surface area (Å²) in [5.74, 6) is 0.109. The third kappa shape index (κ3) is 3.62. The number of amides is 1. The number of halogens is 2. The van der Waals surface area contributed by atoms with Crippen LogP contribution in [-0.4, -0.2) is 25.0 Å². The van der Waals surface area contributed by atoms with Gasteiger partial charge in [-0.1, -0.05) is 30.1 Å². The topological polar surface area (TPSA) is 32.3 Å². The lowest BCUT2D eigenvalue weighted by molar-refractivity contribution is -0.121. The maximum absolute atomic E-state index is 12.4. The molecule has 1 fully saturated rings. The van der Waals surface area contributed by atoms with Gasteiger partial charge in [-0.05, 0) is 44.0 Å². The summed E-state index contributed by atoms with van der Waals surface area (Å²) >= 11 is 12.0. The minimum Gasteiger partial charge on any atom is -0.311 e. The minimum absolute atomic E-state index is 0.0912. The molecule has 2 rings (SSSR count). The number of carbonyl (C=O) groups excluding carboxylic acids is 1. The van der Waals surface area contributed by atoms with Crippen LogP contribution < -0.4 is 10.2 Å². The summed E-state index contributed by atoms with van der Waals surface area (Å²) in [7, 11) is 0. The second-order valence-corrected chi connectivity index (χ2v) is 5.64. The highest BCUT2D eigenvalue weighted by molar-refractivity contribution is 6.35. The molecule has 1 saturated heterocycles. The Morgan fingerprint density at radius 1 is 1.32 bits per heavy atom. The number of hydrogen-bond donors (Lipinski definition) is 1. The first-order valence-corrected chi connectivity index (χ1v) is 7.38. The van der Waals surface area contributed by atoms with Gasteiger partial charge in [0, 0.05) is 22.3 Å². The number of hydrogen-bond acceptors (Lipinski definition) is 2. The molecule has 104 valence electrons. The molecule has 1 unspecified atom stereocenters. The third-order valence-electron chi connectivity index (χ3n) is 3.24. The van der Waals surface area contributed by atoms with Crippen LogP contribution in [0.15, 0.2) is 18.2 Å². The van der Waals surface area contributed by atoms with Crippen LogP contribution in [0, 0.1) is 0 Å². The molecule has 1 aliphatic rings. The van der Waals surface area contributed by atoms with Crippen LogP contribution in [0.4, 0.5) is 5.69 Å². The van der Waals surface area contributed by atoms with E-state index in [1.165, 1.54) is 0 Å². The number of piperidine rings is 1. The van der Waals surface area contributed by atoms with Crippen LogP contribution in [0.25, 0.3) is 0 Å². The molecule has 1 aromatic rings. The first-order valence-electron chi connectivity index (χ1n) is 6.62. The van der Waals surface area contributed by atoms with E-state index in [-0.39, 0.29) is 11.9 Å². The maximum Gasteiger partial charge on any atom is 0.244 e. The summed E-state index contributed by atoms with van der Waals surface area (Å²) in [4.78, 5) is 14.2. The van der Waals surface area contributed by atoms with E-state index in [9.17, 15) is 4.79 Å². The van der Waals surface area contributed by atoms with E-state index in [1.807, 2.05) is 0 Å². The number of anilines is 1. The van der Waals surface area contributed by atoms with Gasteiger partial charge in [0.1, 0.15) is 0 Å². The fourth-order valence-corrected chi connectivity index (χ4v) is 2.85. The van der Waals surface area contributed by atoms with Crippen molar-refractivity contribution in [2.75, 3.05) is 18.0 Å². The number of benzene rings is 1. The molecule has 0 radical (unpaired) electrons. The molecule has 1 aliphatic heterocycles. The largest absolute Gasteiger partial charge is 0.311 e. The van der Waals surface area contributed by atoms with Crippen LogP contribution in [0.2, 0.25) is 10.0 Å². The van der Waals surface area contributed by atoms with Crippen molar-refractivity contribution in [2.24, 2.45) is 0 Å². The molecule has 0 spiro atoms. The Kier molecular flexibility index (Phi) is 5.08. The highest BCUT2D eigenvalue weighted by atomic mass is 35.5. The lowest BCUT2D eigenvalue weighted by atomic mass is 10.0. The molecule has 3 nitrogen and oxygen atoms in total. The normalized spacial score (nSPS) is 19.8. The molecule has 0 aliphatic carbocycles. The van der Waals surface area contributed by atoms with Gasteiger partial charge < -0.3 is 10.2 Å². The zero-order chi connectivity index (χ0) is 13.8. The Balaban J connectivity index is 2.16. The van der Waals surface area contributed by atoms with Gasteiger partial charge in [0.05, 0.1) is 6.04 Å². The average Bonchev–Trinajstić information content (AvgIpc) is 2.36. The summed E-state index contributed by atoms with van der Waals surface area (Å²) in [6, 6.07) is 5.15. The molecular weight excluding hydrogens is 283 g/mol. The summed E-state index contributed by atoms with van der Waals surface area (Å²) in [5.41, 5.74) is 0.783. The molecular formula is C14H18Cl2N2O. The predicted molar refractivity (Wildman–Crippen MR) is 80.1 cm³/mol. The van der Waals surface area contributed by atoms with E-state index in [0.29, 0.717) is 10.0 Å². The summed E-state index contributed by atoms with van der Waals surface area (Å²) in [5, 5.41) is 4.40. The van der Waals surface area contributed by atoms with E-state index in [4.69, 9.17) is 23.2 Å². The number of rotatable bonds is 4. The zero-order valence-corrected chi connectivity index (χ0v) is 12.5. The van der Waals surface area contributed by atoms with Gasteiger partial charge in [-0.3, -0.25) is 4.79 Å². The van der Waals surface area contributed by atoms with Crippen molar-refractivity contribution in [2.45, 2.75) is 32.2 Å². The smallest absolute Gasteiger partial charge is 0.244 e. The summed E-state index contributed by atoms with van der Waals surface area (Å²) < 4.78 is 0. The van der Waals surface area contributed by atoms with Crippen molar-refractivity contribution in [3.05, 3.63) is 28.2 Å². The number of nitrogens with one attached hydrogen (secondary N) is 1. The Bertz CT molecular complexity index is 445. The third-order valence-corrected chi connectivity index (χ3v) is 3.67. The fourth-order valence-electron chi connectivity index (χ4n) is 2.33. The molecule has 5 heteroatoms. The van der Waals surface area contributed by atoms with Gasteiger partial charge in [-0.2, -0.15) is 0 Å². The van der Waals surface area contributed by atoms with Gasteiger partial charge in [-0.25, -0.2) is 0 Å². The van der Waals surface area contributed by atoms with Crippen LogP contribution in [0.1, 0.15) is 26.2 Å². The molecule has 0 bridgehead atoms. The second-order valence-electron chi connectivity index (χ2n) is 4.77. The summed E-state index contributed by atoms with van der Waals surface area (Å²) in [6.45, 7) is 3.68. The zero-order valence-electron chi connectivity index (χ0n) is 11.0. The fraction of sp³-hybridized carbons (Fsp3) is 0.500. The molecule has 1 aromatic carbocycles. The molecule has 1 heterocycles. The van der Waals surface area contributed by atoms with Gasteiger partial charge in [0.25, 0.3) is 0 Å². The Hall–Kier alpha value is -0.770. The molecule has 0 saturated carbocycles. The van der Waals surface area contributed by atoms with E-state index < -0.39 is 0 Å². The maximum atomic E-state index is 12.4. The van der Waals surface area contributed by atoms with Crippen LogP contribution in [0.3, 0.4) is 0 Å². The molecule has 19 heavy (non-hydrogen) atoms. The van der Waals surface area contributed by atoms with Crippen LogP contribution >= 0.6 is 23.2 Å². The highest BCUT2D eigenvalue weighted by Crippen LogP contribution is 2.28. The SMILES string of the molecule is CCCNC1CCCN(c2cc(Cl)cc(Cl)c2)C1=O. The van der Waals surface area contributed by atoms with E-state index in [2.05, 4.69) is 12.2 Å². The quantitative estimate of drug-likeness (QED) is 0.923. The Morgan fingerprint density at radius 2 is 2.00 bits per heavy atom. The number of nitrogens with zero attached hydrogens (tertiary/aromatic N) is 1. The molecule has 1 atom stereocenters. The van der Waals surface area contributed by atoms with Crippen molar-refractivity contribution in [3.8, 4) is 0 Å². The lowest BCUT2D eigenvalue weighted by Crippen LogP contribution is -2.51. The first-order chi connectivity index (χ1) is 9.11. The van der Waals surface area contributed by atoms with Gasteiger partial charge in [0.2, 0.25) is 5.91 Å². The standard InChI is InChI=1S/C14H18Cl2N2O/c1-2-5-17-13-4-3-6-18(14(13)19)12-8-10(15)7-11(16)9-12/h7-9,13,17H,2-6H2,1H3. The Labute approximate surface area is 123 Å². The first kappa shape index (κ1) is 14.6. The minimum atomic E-state index is -0.0912. The highest BCUT2D eigenvalue weighted by Gasteiger charge is 2.29. The van der Waals surface area contributed by atoms with Gasteiger partial charge in [-0.15, -0.1) is 0 Å². The molecule has 0 aromatic heterocycles. The molecule has 1 N–H and O–H groups in total. The lowest BCUT2D eigenvalue weighted by Gasteiger charge is -2.33.